The average molecular weight is 415 g/mol. The van der Waals surface area contributed by atoms with Crippen molar-refractivity contribution in [2.45, 2.75) is 0 Å². The van der Waals surface area contributed by atoms with Gasteiger partial charge in [0.05, 0.1) is 16.9 Å². The smallest absolute Gasteiger partial charge is 0.271 e. The molecule has 4 nitrogen and oxygen atoms in total. The molecule has 0 radical (unpaired) electrons. The molecule has 1 N–H and O–H groups in total. The zero-order valence-corrected chi connectivity index (χ0v) is 14.1. The number of hydrazone groups is 1. The van der Waals surface area contributed by atoms with Crippen molar-refractivity contribution in [2.24, 2.45) is 5.10 Å². The third kappa shape index (κ3) is 4.18. The van der Waals surface area contributed by atoms with Gasteiger partial charge in [-0.1, -0.05) is 29.8 Å². The summed E-state index contributed by atoms with van der Waals surface area (Å²) in [6.07, 6.45) is 1.51. The molecule has 0 bridgehead atoms. The van der Waals surface area contributed by atoms with Crippen LogP contribution in [0.15, 0.2) is 47.6 Å². The Balaban J connectivity index is 2.05. The summed E-state index contributed by atoms with van der Waals surface area (Å²) in [7, 11) is 1.59. The van der Waals surface area contributed by atoms with E-state index in [0.717, 1.165) is 14.9 Å². The zero-order chi connectivity index (χ0) is 15.2. The molecule has 6 heteroatoms. The Labute approximate surface area is 141 Å². The number of carbonyl (C=O) groups is 1. The van der Waals surface area contributed by atoms with Gasteiger partial charge in [0, 0.05) is 16.1 Å². The van der Waals surface area contributed by atoms with Crippen molar-refractivity contribution >= 4 is 46.3 Å². The molecule has 0 aliphatic rings. The fourth-order valence-corrected chi connectivity index (χ4v) is 2.53. The normalized spacial score (nSPS) is 10.6. The number of methoxy groups -OCH3 is 1. The predicted molar refractivity (Wildman–Crippen MR) is 92.2 cm³/mol. The van der Waals surface area contributed by atoms with Crippen LogP contribution in [0.3, 0.4) is 0 Å². The number of amides is 1. The lowest BCUT2D eigenvalue weighted by Gasteiger charge is -2.05. The molecule has 21 heavy (non-hydrogen) atoms. The molecule has 0 aliphatic heterocycles. The monoisotopic (exact) mass is 414 g/mol. The molecule has 0 atom stereocenters. The number of ether oxygens (including phenoxy) is 1. The molecule has 0 saturated carbocycles. The third-order valence-electron chi connectivity index (χ3n) is 2.69. The Hall–Kier alpha value is -1.60. The summed E-state index contributed by atoms with van der Waals surface area (Å²) in [6, 6.07) is 12.4. The first kappa shape index (κ1) is 15.8. The lowest BCUT2D eigenvalue weighted by atomic mass is 10.2. The zero-order valence-electron chi connectivity index (χ0n) is 11.1. The van der Waals surface area contributed by atoms with Gasteiger partial charge < -0.3 is 4.74 Å². The molecule has 0 aromatic heterocycles. The standard InChI is InChI=1S/C15H12ClIN2O2/c1-21-14-7-6-10(8-13(14)17)15(20)19-18-9-11-4-2-3-5-12(11)16/h2-9H,1H3,(H,19,20). The topological polar surface area (TPSA) is 50.7 Å². The second-order valence-electron chi connectivity index (χ2n) is 4.07. The second-order valence-corrected chi connectivity index (χ2v) is 5.64. The third-order valence-corrected chi connectivity index (χ3v) is 3.88. The highest BCUT2D eigenvalue weighted by Gasteiger charge is 2.07. The van der Waals surface area contributed by atoms with E-state index in [1.807, 2.05) is 18.2 Å². The summed E-state index contributed by atoms with van der Waals surface area (Å²) in [6.45, 7) is 0. The first-order valence-electron chi connectivity index (χ1n) is 6.03. The van der Waals surface area contributed by atoms with Gasteiger partial charge in [0.15, 0.2) is 0 Å². The number of hydrogen-bond acceptors (Lipinski definition) is 3. The number of carbonyl (C=O) groups excluding carboxylic acids is 1. The SMILES string of the molecule is COc1ccc(C(=O)NN=Cc2ccccc2Cl)cc1I. The van der Waals surface area contributed by atoms with Crippen LogP contribution in [0.4, 0.5) is 0 Å². The number of rotatable bonds is 4. The van der Waals surface area contributed by atoms with E-state index in [0.29, 0.717) is 10.6 Å². The summed E-state index contributed by atoms with van der Waals surface area (Å²) in [5.74, 6) is 0.436. The molecule has 2 rings (SSSR count). The minimum Gasteiger partial charge on any atom is -0.496 e. The van der Waals surface area contributed by atoms with Crippen LogP contribution in [0.2, 0.25) is 5.02 Å². The minimum atomic E-state index is -0.293. The van der Waals surface area contributed by atoms with Crippen LogP contribution in [-0.2, 0) is 0 Å². The first-order valence-corrected chi connectivity index (χ1v) is 7.49. The van der Waals surface area contributed by atoms with Crippen LogP contribution in [0.1, 0.15) is 15.9 Å². The van der Waals surface area contributed by atoms with E-state index in [-0.39, 0.29) is 5.91 Å². The number of nitrogens with one attached hydrogen (secondary N) is 1. The summed E-state index contributed by atoms with van der Waals surface area (Å²) < 4.78 is 6.01. The summed E-state index contributed by atoms with van der Waals surface area (Å²) in [4.78, 5) is 12.0. The van der Waals surface area contributed by atoms with Crippen LogP contribution in [0.25, 0.3) is 0 Å². The van der Waals surface area contributed by atoms with Crippen molar-refractivity contribution < 1.29 is 9.53 Å². The Bertz CT molecular complexity index is 689. The Morgan fingerprint density at radius 2 is 2.10 bits per heavy atom. The summed E-state index contributed by atoms with van der Waals surface area (Å²) >= 11 is 8.10. The van der Waals surface area contributed by atoms with Gasteiger partial charge in [-0.05, 0) is 46.9 Å². The highest BCUT2D eigenvalue weighted by molar-refractivity contribution is 14.1. The van der Waals surface area contributed by atoms with Crippen molar-refractivity contribution in [1.82, 2.24) is 5.43 Å². The molecule has 0 saturated heterocycles. The van der Waals surface area contributed by atoms with Crippen molar-refractivity contribution in [3.63, 3.8) is 0 Å². The highest BCUT2D eigenvalue weighted by atomic mass is 127. The van der Waals surface area contributed by atoms with Gasteiger partial charge >= 0.3 is 0 Å². The van der Waals surface area contributed by atoms with Crippen LogP contribution < -0.4 is 10.2 Å². The summed E-state index contributed by atoms with van der Waals surface area (Å²) in [5.41, 5.74) is 3.72. The molecule has 0 aliphatic carbocycles. The maximum absolute atomic E-state index is 12.0. The molecule has 2 aromatic rings. The van der Waals surface area contributed by atoms with Crippen LogP contribution in [0, 0.1) is 3.57 Å². The van der Waals surface area contributed by atoms with Crippen LogP contribution >= 0.6 is 34.2 Å². The molecule has 1 amide bonds. The van der Waals surface area contributed by atoms with E-state index < -0.39 is 0 Å². The molecular weight excluding hydrogens is 403 g/mol. The van der Waals surface area contributed by atoms with Gasteiger partial charge in [0.2, 0.25) is 0 Å². The number of halogens is 2. The van der Waals surface area contributed by atoms with E-state index in [4.69, 9.17) is 16.3 Å². The second kappa shape index (κ2) is 7.42. The fraction of sp³-hybridized carbons (Fsp3) is 0.0667. The average Bonchev–Trinajstić information content (AvgIpc) is 2.49. The van der Waals surface area contributed by atoms with E-state index in [9.17, 15) is 4.79 Å². The molecule has 2 aromatic carbocycles. The van der Waals surface area contributed by atoms with E-state index in [1.54, 1.807) is 31.4 Å². The Kier molecular flexibility index (Phi) is 5.58. The fourth-order valence-electron chi connectivity index (χ4n) is 1.61. The Morgan fingerprint density at radius 1 is 1.33 bits per heavy atom. The maximum atomic E-state index is 12.0. The maximum Gasteiger partial charge on any atom is 0.271 e. The molecule has 0 spiro atoms. The van der Waals surface area contributed by atoms with Crippen molar-refractivity contribution in [3.8, 4) is 5.75 Å². The minimum absolute atomic E-state index is 0.293. The number of nitrogens with zero attached hydrogens (tertiary/aromatic N) is 1. The molecule has 0 unspecified atom stereocenters. The van der Waals surface area contributed by atoms with E-state index in [1.165, 1.54) is 6.21 Å². The Morgan fingerprint density at radius 3 is 2.76 bits per heavy atom. The molecule has 108 valence electrons. The molecule has 0 fully saturated rings. The predicted octanol–water partition coefficient (Wildman–Crippen LogP) is 3.72. The van der Waals surface area contributed by atoms with E-state index >= 15 is 0 Å². The largest absolute Gasteiger partial charge is 0.496 e. The van der Waals surface area contributed by atoms with E-state index in [2.05, 4.69) is 33.1 Å². The quantitative estimate of drug-likeness (QED) is 0.471. The van der Waals surface area contributed by atoms with Gasteiger partial charge in [-0.15, -0.1) is 0 Å². The number of hydrogen-bond donors (Lipinski definition) is 1. The lowest BCUT2D eigenvalue weighted by Crippen LogP contribution is -2.17. The van der Waals surface area contributed by atoms with Gasteiger partial charge in [-0.3, -0.25) is 4.79 Å². The lowest BCUT2D eigenvalue weighted by molar-refractivity contribution is 0.0955. The van der Waals surface area contributed by atoms with Crippen LogP contribution in [-0.4, -0.2) is 19.2 Å². The van der Waals surface area contributed by atoms with Gasteiger partial charge in [-0.2, -0.15) is 5.10 Å². The van der Waals surface area contributed by atoms with Gasteiger partial charge in [-0.25, -0.2) is 5.43 Å². The first-order chi connectivity index (χ1) is 10.1. The van der Waals surface area contributed by atoms with Crippen molar-refractivity contribution in [1.29, 1.82) is 0 Å². The summed E-state index contributed by atoms with van der Waals surface area (Å²) in [5, 5.41) is 4.49. The highest BCUT2D eigenvalue weighted by Crippen LogP contribution is 2.21. The van der Waals surface area contributed by atoms with Gasteiger partial charge in [0.25, 0.3) is 5.91 Å². The van der Waals surface area contributed by atoms with Crippen molar-refractivity contribution in [2.75, 3.05) is 7.11 Å². The number of benzene rings is 2. The van der Waals surface area contributed by atoms with Crippen molar-refractivity contribution in [3.05, 3.63) is 62.2 Å². The molecule has 0 heterocycles. The molecular formula is C15H12ClIN2O2. The van der Waals surface area contributed by atoms with Crippen LogP contribution in [0.5, 0.6) is 5.75 Å². The van der Waals surface area contributed by atoms with Gasteiger partial charge in [0.1, 0.15) is 5.75 Å².